The summed E-state index contributed by atoms with van der Waals surface area (Å²) in [5.74, 6) is 0. The Hall–Kier alpha value is 0.230. The van der Waals surface area contributed by atoms with Gasteiger partial charge >= 0.3 is 35.6 Å². The average Bonchev–Trinajstić information content (AvgIpc) is 1.82. The standard InChI is InChI=1S/C5H12N2O2.Na.H/c1-2-3-4-7(9)5(6)8;;/h9H,2-4H2,1H3,(H2,6,8);;. The van der Waals surface area contributed by atoms with Crippen molar-refractivity contribution in [2.75, 3.05) is 6.54 Å². The Bertz CT molecular complexity index is 99.6. The summed E-state index contributed by atoms with van der Waals surface area (Å²) in [6.07, 6.45) is 1.71. The van der Waals surface area contributed by atoms with Gasteiger partial charge in [0.1, 0.15) is 0 Å². The molecule has 0 aromatic heterocycles. The molecule has 0 bridgehead atoms. The van der Waals surface area contributed by atoms with Crippen molar-refractivity contribution < 1.29 is 10.0 Å². The minimum atomic E-state index is -0.788. The number of hydrogen-bond acceptors (Lipinski definition) is 2. The minimum absolute atomic E-state index is 0. The van der Waals surface area contributed by atoms with E-state index in [-0.39, 0.29) is 29.6 Å². The Morgan fingerprint density at radius 2 is 2.20 bits per heavy atom. The van der Waals surface area contributed by atoms with Crippen molar-refractivity contribution in [3.05, 3.63) is 0 Å². The van der Waals surface area contributed by atoms with Gasteiger partial charge in [0.15, 0.2) is 0 Å². The summed E-state index contributed by atoms with van der Waals surface area (Å²) in [5, 5.41) is 9.13. The van der Waals surface area contributed by atoms with Gasteiger partial charge in [-0.15, -0.1) is 0 Å². The fourth-order valence-electron chi connectivity index (χ4n) is 0.418. The number of rotatable bonds is 3. The summed E-state index contributed by atoms with van der Waals surface area (Å²) in [7, 11) is 0. The number of hydroxylamine groups is 2. The van der Waals surface area contributed by atoms with Gasteiger partial charge < -0.3 is 5.73 Å². The van der Waals surface area contributed by atoms with E-state index in [0.717, 1.165) is 12.8 Å². The molecular weight excluding hydrogens is 143 g/mol. The number of amides is 2. The molecule has 0 aromatic carbocycles. The van der Waals surface area contributed by atoms with Crippen LogP contribution in [0.4, 0.5) is 4.79 Å². The Morgan fingerprint density at radius 1 is 1.70 bits per heavy atom. The van der Waals surface area contributed by atoms with Crippen molar-refractivity contribution in [1.29, 1.82) is 0 Å². The molecule has 0 unspecified atom stereocenters. The molecule has 0 atom stereocenters. The van der Waals surface area contributed by atoms with Crippen LogP contribution in [0.15, 0.2) is 0 Å². The number of hydrogen-bond donors (Lipinski definition) is 2. The Labute approximate surface area is 82.6 Å². The first-order valence-electron chi connectivity index (χ1n) is 2.94. The molecule has 0 rings (SSSR count). The van der Waals surface area contributed by atoms with Crippen LogP contribution in [0.25, 0.3) is 0 Å². The molecule has 0 aliphatic heterocycles. The van der Waals surface area contributed by atoms with E-state index in [0.29, 0.717) is 11.6 Å². The third-order valence-electron chi connectivity index (χ3n) is 0.978. The van der Waals surface area contributed by atoms with Gasteiger partial charge in [-0.25, -0.2) is 9.86 Å². The van der Waals surface area contributed by atoms with Crippen LogP contribution < -0.4 is 5.73 Å². The summed E-state index contributed by atoms with van der Waals surface area (Å²) >= 11 is 0. The van der Waals surface area contributed by atoms with E-state index in [1.54, 1.807) is 0 Å². The van der Waals surface area contributed by atoms with Crippen molar-refractivity contribution in [3.8, 4) is 0 Å². The van der Waals surface area contributed by atoms with Crippen molar-refractivity contribution in [2.45, 2.75) is 19.8 Å². The van der Waals surface area contributed by atoms with Crippen LogP contribution >= 0.6 is 0 Å². The SMILES string of the molecule is CCCCN(O)C(N)=O.[NaH]. The molecule has 10 heavy (non-hydrogen) atoms. The summed E-state index contributed by atoms with van der Waals surface area (Å²) < 4.78 is 0. The zero-order valence-electron chi connectivity index (χ0n) is 5.50. The van der Waals surface area contributed by atoms with Crippen LogP contribution in [-0.4, -0.2) is 52.4 Å². The van der Waals surface area contributed by atoms with Crippen molar-refractivity contribution in [2.24, 2.45) is 5.73 Å². The molecule has 3 N–H and O–H groups in total. The number of primary amides is 1. The number of urea groups is 1. The molecule has 0 aliphatic rings. The van der Waals surface area contributed by atoms with E-state index in [2.05, 4.69) is 0 Å². The summed E-state index contributed by atoms with van der Waals surface area (Å²) in [4.78, 5) is 10.1. The van der Waals surface area contributed by atoms with Gasteiger partial charge in [-0.2, -0.15) is 0 Å². The van der Waals surface area contributed by atoms with E-state index in [9.17, 15) is 4.79 Å². The molecule has 0 heterocycles. The summed E-state index contributed by atoms with van der Waals surface area (Å²) in [6, 6.07) is -0.788. The van der Waals surface area contributed by atoms with E-state index < -0.39 is 6.03 Å². The predicted molar refractivity (Wildman–Crippen MR) is 40.1 cm³/mol. The van der Waals surface area contributed by atoms with Crippen molar-refractivity contribution in [1.82, 2.24) is 5.06 Å². The first-order valence-corrected chi connectivity index (χ1v) is 2.94. The summed E-state index contributed by atoms with van der Waals surface area (Å²) in [5.41, 5.74) is 4.71. The van der Waals surface area contributed by atoms with Crippen molar-refractivity contribution in [3.63, 3.8) is 0 Å². The maximum absolute atomic E-state index is 10.1. The molecule has 56 valence electrons. The molecule has 0 radical (unpaired) electrons. The molecule has 0 aliphatic carbocycles. The quantitative estimate of drug-likeness (QED) is 0.340. The first-order chi connectivity index (χ1) is 4.18. The molecule has 4 nitrogen and oxygen atoms in total. The predicted octanol–water partition coefficient (Wildman–Crippen LogP) is -0.0921. The monoisotopic (exact) mass is 156 g/mol. The van der Waals surface area contributed by atoms with Gasteiger partial charge in [-0.05, 0) is 6.42 Å². The van der Waals surface area contributed by atoms with Gasteiger partial charge in [0.25, 0.3) is 0 Å². The van der Waals surface area contributed by atoms with Crippen LogP contribution in [0.5, 0.6) is 0 Å². The molecule has 0 spiro atoms. The molecule has 5 heteroatoms. The molecule has 2 amide bonds. The molecule has 0 fully saturated rings. The van der Waals surface area contributed by atoms with Crippen LogP contribution in [-0.2, 0) is 0 Å². The maximum atomic E-state index is 10.1. The van der Waals surface area contributed by atoms with Crippen molar-refractivity contribution >= 4 is 35.6 Å². The number of nitrogens with zero attached hydrogens (tertiary/aromatic N) is 1. The fourth-order valence-corrected chi connectivity index (χ4v) is 0.418. The molecule has 0 aromatic rings. The number of nitrogens with two attached hydrogens (primary N) is 1. The zero-order chi connectivity index (χ0) is 7.28. The molecular formula is C5H13N2NaO2. The zero-order valence-corrected chi connectivity index (χ0v) is 5.50. The molecule has 0 saturated carbocycles. The second-order valence-corrected chi connectivity index (χ2v) is 1.81. The number of carbonyl (C=O) groups excluding carboxylic acids is 1. The fraction of sp³-hybridized carbons (Fsp3) is 0.800. The van der Waals surface area contributed by atoms with Gasteiger partial charge in [0, 0.05) is 0 Å². The van der Waals surface area contributed by atoms with E-state index in [1.807, 2.05) is 6.92 Å². The second-order valence-electron chi connectivity index (χ2n) is 1.81. The van der Waals surface area contributed by atoms with Gasteiger partial charge in [-0.3, -0.25) is 5.21 Å². The Balaban J connectivity index is 0. The van der Waals surface area contributed by atoms with Crippen LogP contribution in [0.3, 0.4) is 0 Å². The number of unbranched alkanes of at least 4 members (excludes halogenated alkanes) is 1. The number of carbonyl (C=O) groups is 1. The van der Waals surface area contributed by atoms with Gasteiger partial charge in [0.05, 0.1) is 6.54 Å². The van der Waals surface area contributed by atoms with E-state index in [1.165, 1.54) is 0 Å². The third kappa shape index (κ3) is 6.35. The van der Waals surface area contributed by atoms with Gasteiger partial charge in [0.2, 0.25) is 0 Å². The van der Waals surface area contributed by atoms with Crippen LogP contribution in [0.2, 0.25) is 0 Å². The van der Waals surface area contributed by atoms with E-state index >= 15 is 0 Å². The third-order valence-corrected chi connectivity index (χ3v) is 0.978. The topological polar surface area (TPSA) is 66.6 Å². The Morgan fingerprint density at radius 3 is 2.50 bits per heavy atom. The summed E-state index contributed by atoms with van der Waals surface area (Å²) in [6.45, 7) is 2.29. The Kier molecular flexibility index (Phi) is 9.44. The molecule has 0 saturated heterocycles. The van der Waals surface area contributed by atoms with Gasteiger partial charge in [-0.1, -0.05) is 13.3 Å². The normalized spacial score (nSPS) is 8.20. The van der Waals surface area contributed by atoms with Crippen LogP contribution in [0, 0.1) is 0 Å². The van der Waals surface area contributed by atoms with E-state index in [4.69, 9.17) is 10.9 Å². The second kappa shape index (κ2) is 7.34. The average molecular weight is 156 g/mol. The first kappa shape index (κ1) is 12.9. The van der Waals surface area contributed by atoms with Crippen LogP contribution in [0.1, 0.15) is 19.8 Å².